The van der Waals surface area contributed by atoms with E-state index in [1.165, 1.54) is 36.4 Å². The van der Waals surface area contributed by atoms with E-state index in [1.54, 1.807) is 13.0 Å². The Morgan fingerprint density at radius 1 is 1.18 bits per heavy atom. The van der Waals surface area contributed by atoms with Gasteiger partial charge in [-0.15, -0.1) is 0 Å². The molecule has 0 bridgehead atoms. The van der Waals surface area contributed by atoms with E-state index in [1.807, 2.05) is 0 Å². The number of ether oxygens (including phenoxy) is 3. The second-order valence-corrected chi connectivity index (χ2v) is 10.7. The largest absolute Gasteiger partial charge is 0.489 e. The van der Waals surface area contributed by atoms with Gasteiger partial charge >= 0.3 is 12.6 Å². The van der Waals surface area contributed by atoms with E-state index in [4.69, 9.17) is 32.7 Å². The van der Waals surface area contributed by atoms with Crippen LogP contribution in [0.2, 0.25) is 0 Å². The minimum Gasteiger partial charge on any atom is -0.489 e. The third-order valence-electron chi connectivity index (χ3n) is 6.86. The molecule has 1 aliphatic carbocycles. The van der Waals surface area contributed by atoms with Crippen LogP contribution in [0.4, 0.5) is 14.5 Å². The van der Waals surface area contributed by atoms with Crippen LogP contribution in [0, 0.1) is 16.0 Å². The molecular formula is C30H26Cl2F2N2O8. The first kappa shape index (κ1) is 32.6. The van der Waals surface area contributed by atoms with Gasteiger partial charge < -0.3 is 14.2 Å². The molecule has 1 aliphatic heterocycles. The summed E-state index contributed by atoms with van der Waals surface area (Å²) >= 11 is 12.8. The predicted octanol–water partition coefficient (Wildman–Crippen LogP) is 7.08. The smallest absolute Gasteiger partial charge is 0.387 e. The first-order valence-electron chi connectivity index (χ1n) is 13.3. The first-order valence-corrected chi connectivity index (χ1v) is 14.1. The fraction of sp³-hybridized carbons (Fsp3) is 0.300. The van der Waals surface area contributed by atoms with Crippen molar-refractivity contribution in [2.45, 2.75) is 38.9 Å². The standard InChI is InChI=1S/C30H26Cl2F2N2O8/c1-3-20(31)19(21(32)4-2)13-24(17-10-11-23(44-30(33)34)25(12-17)42-15-16-8-9-16)43-26(37)14-35-28(38)18-6-5-7-22(36(40)41)27(18)29(35)39/h3-7,10-12,16,24,30H,1,8-9,13-15H2,2H3/b20-19+,21-4+. The van der Waals surface area contributed by atoms with Gasteiger partial charge in [-0.2, -0.15) is 8.78 Å². The van der Waals surface area contributed by atoms with Crippen molar-refractivity contribution in [1.29, 1.82) is 0 Å². The van der Waals surface area contributed by atoms with Gasteiger partial charge in [0, 0.05) is 22.6 Å². The number of hydrogen-bond acceptors (Lipinski definition) is 8. The molecule has 1 saturated carbocycles. The molecule has 2 aromatic carbocycles. The molecule has 1 heterocycles. The van der Waals surface area contributed by atoms with Crippen LogP contribution in [0.1, 0.15) is 58.6 Å². The average Bonchev–Trinajstić information content (AvgIpc) is 3.80. The number of nitrogens with zero attached hydrogens (tertiary/aromatic N) is 2. The number of nitro benzene ring substituents is 1. The number of hydrogen-bond donors (Lipinski definition) is 0. The number of fused-ring (bicyclic) bond motifs is 1. The topological polar surface area (TPSA) is 125 Å². The van der Waals surface area contributed by atoms with E-state index in [-0.39, 0.29) is 51.6 Å². The molecule has 0 spiro atoms. The lowest BCUT2D eigenvalue weighted by Gasteiger charge is -2.23. The number of esters is 1. The molecule has 232 valence electrons. The highest BCUT2D eigenvalue weighted by Gasteiger charge is 2.42. The number of halogens is 4. The highest BCUT2D eigenvalue weighted by atomic mass is 35.5. The molecule has 0 radical (unpaired) electrons. The van der Waals surface area contributed by atoms with Gasteiger partial charge in [0.2, 0.25) is 0 Å². The number of nitro groups is 1. The van der Waals surface area contributed by atoms with E-state index >= 15 is 0 Å². The quantitative estimate of drug-likeness (QED) is 0.0698. The maximum absolute atomic E-state index is 13.3. The fourth-order valence-corrected chi connectivity index (χ4v) is 4.89. The number of carbonyl (C=O) groups is 3. The van der Waals surface area contributed by atoms with E-state index in [0.29, 0.717) is 10.5 Å². The summed E-state index contributed by atoms with van der Waals surface area (Å²) in [4.78, 5) is 50.4. The lowest BCUT2D eigenvalue weighted by molar-refractivity contribution is -0.385. The summed E-state index contributed by atoms with van der Waals surface area (Å²) in [7, 11) is 0. The Bertz CT molecular complexity index is 1570. The summed E-state index contributed by atoms with van der Waals surface area (Å²) in [6.45, 7) is 1.56. The number of allylic oxidation sites excluding steroid dienone is 4. The van der Waals surface area contributed by atoms with Crippen LogP contribution in [0.5, 0.6) is 11.5 Å². The number of carbonyl (C=O) groups excluding carboxylic acids is 3. The number of alkyl halides is 2. The minimum absolute atomic E-state index is 0.0131. The summed E-state index contributed by atoms with van der Waals surface area (Å²) in [5, 5.41) is 11.8. The Hall–Kier alpha value is -4.29. The highest BCUT2D eigenvalue weighted by molar-refractivity contribution is 6.36. The molecule has 1 fully saturated rings. The molecule has 1 atom stereocenters. The van der Waals surface area contributed by atoms with Gasteiger partial charge in [0.1, 0.15) is 18.2 Å². The van der Waals surface area contributed by atoms with E-state index in [2.05, 4.69) is 11.3 Å². The van der Waals surface area contributed by atoms with Crippen LogP contribution in [0.15, 0.2) is 70.8 Å². The molecular weight excluding hydrogens is 625 g/mol. The zero-order chi connectivity index (χ0) is 32.1. The number of imide groups is 1. The average molecular weight is 651 g/mol. The summed E-state index contributed by atoms with van der Waals surface area (Å²) < 4.78 is 42.3. The lowest BCUT2D eigenvalue weighted by atomic mass is 9.99. The van der Waals surface area contributed by atoms with Gasteiger partial charge in [0.15, 0.2) is 11.5 Å². The van der Waals surface area contributed by atoms with Crippen molar-refractivity contribution in [2.24, 2.45) is 5.92 Å². The van der Waals surface area contributed by atoms with Gasteiger partial charge in [-0.3, -0.25) is 29.4 Å². The molecule has 0 aromatic heterocycles. The molecule has 10 nitrogen and oxygen atoms in total. The fourth-order valence-electron chi connectivity index (χ4n) is 4.48. The van der Waals surface area contributed by atoms with Crippen LogP contribution < -0.4 is 9.47 Å². The van der Waals surface area contributed by atoms with Crippen LogP contribution in [-0.4, -0.2) is 47.4 Å². The molecule has 2 amide bonds. The molecule has 2 aliphatic rings. The van der Waals surface area contributed by atoms with Gasteiger partial charge in [0.05, 0.1) is 17.1 Å². The summed E-state index contributed by atoms with van der Waals surface area (Å²) in [6, 6.07) is 7.58. The highest BCUT2D eigenvalue weighted by Crippen LogP contribution is 2.39. The Balaban J connectivity index is 1.66. The van der Waals surface area contributed by atoms with E-state index < -0.39 is 53.2 Å². The maximum Gasteiger partial charge on any atom is 0.387 e. The van der Waals surface area contributed by atoms with Crippen molar-refractivity contribution in [3.05, 3.63) is 97.6 Å². The Labute approximate surface area is 260 Å². The van der Waals surface area contributed by atoms with Crippen molar-refractivity contribution in [1.82, 2.24) is 4.90 Å². The SMILES string of the molecule is C=C/C(Cl)=C(CC(OC(=O)CN1C(=O)c2cccc([N+](=O)[O-])c2C1=O)c1ccc(OC(F)F)c(OCC2CC2)c1)\C(Cl)=C/C. The summed E-state index contributed by atoms with van der Waals surface area (Å²) in [5.41, 5.74) is -0.622. The lowest BCUT2D eigenvalue weighted by Crippen LogP contribution is -2.36. The normalized spacial score (nSPS) is 16.0. The molecule has 0 N–H and O–H groups in total. The van der Waals surface area contributed by atoms with Crippen LogP contribution in [0.25, 0.3) is 0 Å². The van der Waals surface area contributed by atoms with Crippen LogP contribution >= 0.6 is 23.2 Å². The van der Waals surface area contributed by atoms with Crippen LogP contribution in [0.3, 0.4) is 0 Å². The van der Waals surface area contributed by atoms with Gasteiger partial charge in [-0.1, -0.05) is 54.1 Å². The van der Waals surface area contributed by atoms with Crippen molar-refractivity contribution in [3.8, 4) is 11.5 Å². The number of benzene rings is 2. The third kappa shape index (κ3) is 7.43. The summed E-state index contributed by atoms with van der Waals surface area (Å²) in [6.07, 6.45) is 3.43. The van der Waals surface area contributed by atoms with Crippen molar-refractivity contribution >= 4 is 46.7 Å². The Morgan fingerprint density at radius 2 is 1.91 bits per heavy atom. The minimum atomic E-state index is -3.12. The summed E-state index contributed by atoms with van der Waals surface area (Å²) in [5.74, 6) is -2.95. The zero-order valence-electron chi connectivity index (χ0n) is 23.3. The second-order valence-electron chi connectivity index (χ2n) is 9.84. The molecule has 2 aromatic rings. The van der Waals surface area contributed by atoms with E-state index in [0.717, 1.165) is 18.9 Å². The zero-order valence-corrected chi connectivity index (χ0v) is 24.8. The maximum atomic E-state index is 13.3. The van der Waals surface area contributed by atoms with Crippen LogP contribution in [-0.2, 0) is 9.53 Å². The predicted molar refractivity (Wildman–Crippen MR) is 156 cm³/mol. The molecule has 4 rings (SSSR count). The first-order chi connectivity index (χ1) is 20.9. The monoisotopic (exact) mass is 650 g/mol. The van der Waals surface area contributed by atoms with Gasteiger partial charge in [-0.05, 0) is 55.0 Å². The second kappa shape index (κ2) is 14.0. The van der Waals surface area contributed by atoms with Gasteiger partial charge in [0.25, 0.3) is 17.5 Å². The Kier molecular flexibility index (Phi) is 10.4. The molecule has 14 heteroatoms. The molecule has 44 heavy (non-hydrogen) atoms. The Morgan fingerprint density at radius 3 is 2.52 bits per heavy atom. The van der Waals surface area contributed by atoms with Crippen molar-refractivity contribution < 1.29 is 42.3 Å². The van der Waals surface area contributed by atoms with Crippen molar-refractivity contribution in [2.75, 3.05) is 13.2 Å². The third-order valence-corrected chi connectivity index (χ3v) is 7.69. The number of rotatable bonds is 14. The van der Waals surface area contributed by atoms with Gasteiger partial charge in [-0.25, -0.2) is 0 Å². The number of amides is 2. The van der Waals surface area contributed by atoms with Crippen molar-refractivity contribution in [3.63, 3.8) is 0 Å². The van der Waals surface area contributed by atoms with E-state index in [9.17, 15) is 33.3 Å². The molecule has 1 unspecified atom stereocenters. The molecule has 0 saturated heterocycles.